The lowest BCUT2D eigenvalue weighted by Crippen LogP contribution is -2.54. The van der Waals surface area contributed by atoms with E-state index in [4.69, 9.17) is 4.74 Å². The van der Waals surface area contributed by atoms with Crippen molar-refractivity contribution in [2.24, 2.45) is 0 Å². The number of Topliss-reactive ketones (excluding diaryl/α,β-unsaturated/α-hetero) is 1. The van der Waals surface area contributed by atoms with Gasteiger partial charge < -0.3 is 4.74 Å². The van der Waals surface area contributed by atoms with Crippen molar-refractivity contribution in [3.63, 3.8) is 0 Å². The molecule has 0 aromatic heterocycles. The zero-order valence-corrected chi connectivity index (χ0v) is 12.6. The Kier molecular flexibility index (Phi) is 5.29. The molecule has 0 bridgehead atoms. The highest BCUT2D eigenvalue weighted by molar-refractivity contribution is 6.00. The largest absolute Gasteiger partial charge is 0.360 e. The van der Waals surface area contributed by atoms with Crippen molar-refractivity contribution in [1.29, 1.82) is 0 Å². The number of hydrogen-bond donors (Lipinski definition) is 0. The quantitative estimate of drug-likeness (QED) is 0.769. The molecule has 0 radical (unpaired) electrons. The van der Waals surface area contributed by atoms with Gasteiger partial charge in [0, 0.05) is 18.7 Å². The van der Waals surface area contributed by atoms with Crippen molar-refractivity contribution < 1.29 is 9.53 Å². The van der Waals surface area contributed by atoms with E-state index >= 15 is 0 Å². The first-order valence-corrected chi connectivity index (χ1v) is 7.24. The third kappa shape index (κ3) is 3.45. The Morgan fingerprint density at radius 1 is 1.40 bits per heavy atom. The highest BCUT2D eigenvalue weighted by atomic mass is 16.5. The summed E-state index contributed by atoms with van der Waals surface area (Å²) in [6, 6.07) is 9.52. The molecule has 1 heterocycles. The second-order valence-corrected chi connectivity index (χ2v) is 5.44. The van der Waals surface area contributed by atoms with Gasteiger partial charge in [-0.05, 0) is 20.5 Å². The molecule has 20 heavy (non-hydrogen) atoms. The Morgan fingerprint density at radius 2 is 2.10 bits per heavy atom. The number of ketones is 1. The molecule has 2 unspecified atom stereocenters. The predicted octanol–water partition coefficient (Wildman–Crippen LogP) is 1.87. The Bertz CT molecular complexity index is 433. The molecule has 1 aromatic carbocycles. The number of rotatable bonds is 5. The normalized spacial score (nSPS) is 21.9. The maximum atomic E-state index is 12.7. The van der Waals surface area contributed by atoms with Crippen LogP contribution in [0, 0.1) is 0 Å². The number of morpholine rings is 1. The lowest BCUT2D eigenvalue weighted by atomic mass is 10.0. The van der Waals surface area contributed by atoms with Crippen LogP contribution >= 0.6 is 0 Å². The van der Waals surface area contributed by atoms with Gasteiger partial charge in [0.1, 0.15) is 6.23 Å². The number of benzene rings is 1. The van der Waals surface area contributed by atoms with Crippen molar-refractivity contribution in [3.05, 3.63) is 35.9 Å². The van der Waals surface area contributed by atoms with Crippen LogP contribution in [0.15, 0.2) is 30.3 Å². The van der Waals surface area contributed by atoms with E-state index in [1.807, 2.05) is 44.4 Å². The first kappa shape index (κ1) is 15.2. The van der Waals surface area contributed by atoms with Gasteiger partial charge in [-0.15, -0.1) is 0 Å². The molecule has 110 valence electrons. The Hall–Kier alpha value is -1.23. The molecule has 1 saturated heterocycles. The van der Waals surface area contributed by atoms with E-state index in [1.165, 1.54) is 0 Å². The number of nitrogens with zero attached hydrogens (tertiary/aromatic N) is 2. The SMILES string of the molecule is CCC(C(=O)c1ccccc1)N1CCOC(N(C)C)C1. The van der Waals surface area contributed by atoms with E-state index in [-0.39, 0.29) is 18.1 Å². The highest BCUT2D eigenvalue weighted by Gasteiger charge is 2.30. The minimum absolute atomic E-state index is 0.0521. The molecule has 2 atom stereocenters. The van der Waals surface area contributed by atoms with Gasteiger partial charge in [-0.3, -0.25) is 14.6 Å². The molecular weight excluding hydrogens is 252 g/mol. The van der Waals surface area contributed by atoms with Crippen LogP contribution in [0.4, 0.5) is 0 Å². The first-order valence-electron chi connectivity index (χ1n) is 7.24. The van der Waals surface area contributed by atoms with E-state index in [9.17, 15) is 4.79 Å². The molecule has 0 amide bonds. The van der Waals surface area contributed by atoms with Crippen molar-refractivity contribution in [2.75, 3.05) is 33.8 Å². The Balaban J connectivity index is 2.09. The fraction of sp³-hybridized carbons (Fsp3) is 0.562. The summed E-state index contributed by atoms with van der Waals surface area (Å²) in [5.41, 5.74) is 0.798. The summed E-state index contributed by atoms with van der Waals surface area (Å²) in [6.07, 6.45) is 0.898. The van der Waals surface area contributed by atoms with Crippen molar-refractivity contribution >= 4 is 5.78 Å². The van der Waals surface area contributed by atoms with Crippen LogP contribution in [0.2, 0.25) is 0 Å². The summed E-state index contributed by atoms with van der Waals surface area (Å²) in [4.78, 5) is 17.0. The summed E-state index contributed by atoms with van der Waals surface area (Å²) in [7, 11) is 4.02. The highest BCUT2D eigenvalue weighted by Crippen LogP contribution is 2.17. The molecule has 2 rings (SSSR count). The third-order valence-corrected chi connectivity index (χ3v) is 3.84. The molecule has 0 saturated carbocycles. The van der Waals surface area contributed by atoms with Crippen LogP contribution < -0.4 is 0 Å². The Labute approximate surface area is 121 Å². The predicted molar refractivity (Wildman–Crippen MR) is 79.9 cm³/mol. The number of carbonyl (C=O) groups excluding carboxylic acids is 1. The summed E-state index contributed by atoms with van der Waals surface area (Å²) in [5, 5.41) is 0. The second-order valence-electron chi connectivity index (χ2n) is 5.44. The number of likely N-dealkylation sites (N-methyl/N-ethyl adjacent to an activating group) is 1. The Morgan fingerprint density at radius 3 is 2.70 bits per heavy atom. The lowest BCUT2D eigenvalue weighted by Gasteiger charge is -2.39. The summed E-state index contributed by atoms with van der Waals surface area (Å²) < 4.78 is 5.72. The maximum absolute atomic E-state index is 12.7. The fourth-order valence-electron chi connectivity index (χ4n) is 2.65. The smallest absolute Gasteiger partial charge is 0.179 e. The zero-order chi connectivity index (χ0) is 14.5. The summed E-state index contributed by atoms with van der Waals surface area (Å²) in [6.45, 7) is 4.36. The average Bonchev–Trinajstić information content (AvgIpc) is 2.49. The van der Waals surface area contributed by atoms with Crippen molar-refractivity contribution in [1.82, 2.24) is 9.80 Å². The maximum Gasteiger partial charge on any atom is 0.179 e. The van der Waals surface area contributed by atoms with E-state index in [0.29, 0.717) is 6.61 Å². The number of ether oxygens (including phenoxy) is 1. The van der Waals surface area contributed by atoms with Gasteiger partial charge in [0.15, 0.2) is 5.78 Å². The van der Waals surface area contributed by atoms with Crippen LogP contribution in [0.5, 0.6) is 0 Å². The summed E-state index contributed by atoms with van der Waals surface area (Å²) in [5.74, 6) is 0.215. The molecule has 1 fully saturated rings. The van der Waals surface area contributed by atoms with Gasteiger partial charge in [-0.25, -0.2) is 0 Å². The third-order valence-electron chi connectivity index (χ3n) is 3.84. The van der Waals surface area contributed by atoms with Gasteiger partial charge in [-0.1, -0.05) is 37.3 Å². The van der Waals surface area contributed by atoms with Crippen LogP contribution in [0.25, 0.3) is 0 Å². The van der Waals surface area contributed by atoms with Crippen LogP contribution in [0.1, 0.15) is 23.7 Å². The van der Waals surface area contributed by atoms with Gasteiger partial charge in [0.05, 0.1) is 12.6 Å². The molecule has 1 aliphatic heterocycles. The van der Waals surface area contributed by atoms with E-state index in [0.717, 1.165) is 25.1 Å². The van der Waals surface area contributed by atoms with E-state index < -0.39 is 0 Å². The topological polar surface area (TPSA) is 32.8 Å². The zero-order valence-electron chi connectivity index (χ0n) is 12.6. The number of carbonyl (C=O) groups is 1. The summed E-state index contributed by atoms with van der Waals surface area (Å²) >= 11 is 0. The molecule has 4 heteroatoms. The monoisotopic (exact) mass is 276 g/mol. The molecule has 0 aliphatic carbocycles. The van der Waals surface area contributed by atoms with Gasteiger partial charge in [0.25, 0.3) is 0 Å². The van der Waals surface area contributed by atoms with Crippen LogP contribution in [-0.2, 0) is 4.74 Å². The molecular formula is C16H24N2O2. The van der Waals surface area contributed by atoms with Crippen LogP contribution in [0.3, 0.4) is 0 Å². The molecule has 1 aliphatic rings. The van der Waals surface area contributed by atoms with E-state index in [1.54, 1.807) is 0 Å². The number of hydrogen-bond acceptors (Lipinski definition) is 4. The van der Waals surface area contributed by atoms with Gasteiger partial charge >= 0.3 is 0 Å². The van der Waals surface area contributed by atoms with Gasteiger partial charge in [0.2, 0.25) is 0 Å². The first-order chi connectivity index (χ1) is 9.63. The fourth-order valence-corrected chi connectivity index (χ4v) is 2.65. The second kappa shape index (κ2) is 6.97. The molecule has 0 N–H and O–H groups in total. The molecule has 1 aromatic rings. The van der Waals surface area contributed by atoms with Gasteiger partial charge in [-0.2, -0.15) is 0 Å². The van der Waals surface area contributed by atoms with Crippen LogP contribution in [-0.4, -0.2) is 61.6 Å². The van der Waals surface area contributed by atoms with Crippen molar-refractivity contribution in [3.8, 4) is 0 Å². The average molecular weight is 276 g/mol. The minimum atomic E-state index is -0.0521. The minimum Gasteiger partial charge on any atom is -0.360 e. The standard InChI is InChI=1S/C16H24N2O2/c1-4-14(16(19)13-8-6-5-7-9-13)18-10-11-20-15(12-18)17(2)3/h5-9,14-15H,4,10-12H2,1-3H3. The molecule has 0 spiro atoms. The molecule has 4 nitrogen and oxygen atoms in total. The lowest BCUT2D eigenvalue weighted by molar-refractivity contribution is -0.101. The van der Waals surface area contributed by atoms with Crippen molar-refractivity contribution in [2.45, 2.75) is 25.6 Å². The van der Waals surface area contributed by atoms with E-state index in [2.05, 4.69) is 16.7 Å².